The van der Waals surface area contributed by atoms with Crippen molar-refractivity contribution in [3.8, 4) is 5.75 Å². The van der Waals surface area contributed by atoms with Crippen LogP contribution >= 0.6 is 43.5 Å². The summed E-state index contributed by atoms with van der Waals surface area (Å²) >= 11 is 13.1. The molecule has 5 heteroatoms. The molecular weight excluding hydrogens is 398 g/mol. The van der Waals surface area contributed by atoms with E-state index in [1.807, 2.05) is 18.2 Å². The molecule has 2 rings (SSSR count). The first-order chi connectivity index (χ1) is 9.01. The van der Waals surface area contributed by atoms with Crippen molar-refractivity contribution in [2.75, 3.05) is 7.11 Å². The summed E-state index contributed by atoms with van der Waals surface area (Å²) in [5.41, 5.74) is 1.46. The second-order valence-corrected chi connectivity index (χ2v) is 6.22. The van der Waals surface area contributed by atoms with Crippen molar-refractivity contribution in [1.82, 2.24) is 0 Å². The SMILES string of the molecule is COc1ccc(Br)cc1C(Cl)c1cc(F)cc(Br)c1. The van der Waals surface area contributed by atoms with Crippen molar-refractivity contribution in [3.63, 3.8) is 0 Å². The van der Waals surface area contributed by atoms with Gasteiger partial charge in [0.05, 0.1) is 12.5 Å². The van der Waals surface area contributed by atoms with Crippen molar-refractivity contribution in [1.29, 1.82) is 0 Å². The zero-order valence-corrected chi connectivity index (χ0v) is 13.9. The van der Waals surface area contributed by atoms with E-state index in [4.69, 9.17) is 16.3 Å². The van der Waals surface area contributed by atoms with E-state index >= 15 is 0 Å². The Balaban J connectivity index is 2.48. The number of methoxy groups -OCH3 is 1. The van der Waals surface area contributed by atoms with Gasteiger partial charge in [-0.25, -0.2) is 4.39 Å². The Morgan fingerprint density at radius 1 is 1.11 bits per heavy atom. The quantitative estimate of drug-likeness (QED) is 0.593. The molecule has 0 radical (unpaired) electrons. The number of benzene rings is 2. The third-order valence-corrected chi connectivity index (χ3v) is 4.08. The average molecular weight is 408 g/mol. The van der Waals surface area contributed by atoms with Gasteiger partial charge in [-0.3, -0.25) is 0 Å². The number of halogens is 4. The topological polar surface area (TPSA) is 9.23 Å². The highest BCUT2D eigenvalue weighted by molar-refractivity contribution is 9.10. The third-order valence-electron chi connectivity index (χ3n) is 2.64. The van der Waals surface area contributed by atoms with Crippen LogP contribution in [0, 0.1) is 5.82 Å². The fourth-order valence-corrected chi connectivity index (χ4v) is 2.96. The molecule has 0 saturated carbocycles. The molecule has 0 N–H and O–H groups in total. The van der Waals surface area contributed by atoms with Crippen LogP contribution in [0.5, 0.6) is 5.75 Å². The molecule has 19 heavy (non-hydrogen) atoms. The maximum Gasteiger partial charge on any atom is 0.124 e. The van der Waals surface area contributed by atoms with Crippen LogP contribution in [0.25, 0.3) is 0 Å². The van der Waals surface area contributed by atoms with Crippen LogP contribution in [-0.2, 0) is 0 Å². The molecule has 0 bridgehead atoms. The Labute approximate surface area is 133 Å². The molecule has 0 spiro atoms. The van der Waals surface area contributed by atoms with Crippen LogP contribution in [0.2, 0.25) is 0 Å². The normalized spacial score (nSPS) is 12.3. The highest BCUT2D eigenvalue weighted by atomic mass is 79.9. The predicted octanol–water partition coefficient (Wildman–Crippen LogP) is 5.69. The lowest BCUT2D eigenvalue weighted by molar-refractivity contribution is 0.410. The number of alkyl halides is 1. The standard InChI is InChI=1S/C14H10Br2ClFO/c1-19-13-3-2-9(15)7-12(13)14(17)8-4-10(16)6-11(18)5-8/h2-7,14H,1H3. The maximum atomic E-state index is 13.4. The lowest BCUT2D eigenvalue weighted by atomic mass is 10.0. The van der Waals surface area contributed by atoms with Gasteiger partial charge in [-0.2, -0.15) is 0 Å². The monoisotopic (exact) mass is 406 g/mol. The summed E-state index contributed by atoms with van der Waals surface area (Å²) < 4.78 is 20.3. The minimum atomic E-state index is -0.487. The van der Waals surface area contributed by atoms with Crippen LogP contribution < -0.4 is 4.74 Å². The fourth-order valence-electron chi connectivity index (χ4n) is 1.80. The summed E-state index contributed by atoms with van der Waals surface area (Å²) in [6.45, 7) is 0. The molecule has 0 aliphatic heterocycles. The first-order valence-electron chi connectivity index (χ1n) is 5.44. The lowest BCUT2D eigenvalue weighted by Gasteiger charge is -2.15. The molecule has 0 aliphatic carbocycles. The molecule has 2 aromatic carbocycles. The summed E-state index contributed by atoms with van der Waals surface area (Å²) in [6, 6.07) is 10.2. The summed E-state index contributed by atoms with van der Waals surface area (Å²) in [5, 5.41) is -0.487. The molecule has 1 atom stereocenters. The fraction of sp³-hybridized carbons (Fsp3) is 0.143. The van der Waals surface area contributed by atoms with Crippen molar-refractivity contribution in [3.05, 3.63) is 62.3 Å². The van der Waals surface area contributed by atoms with E-state index in [1.54, 1.807) is 13.2 Å². The summed E-state index contributed by atoms with van der Waals surface area (Å²) in [4.78, 5) is 0. The number of hydrogen-bond donors (Lipinski definition) is 0. The zero-order chi connectivity index (χ0) is 14.0. The molecule has 0 saturated heterocycles. The maximum absolute atomic E-state index is 13.4. The number of rotatable bonds is 3. The largest absolute Gasteiger partial charge is 0.496 e. The molecule has 1 nitrogen and oxygen atoms in total. The minimum absolute atomic E-state index is 0.330. The highest BCUT2D eigenvalue weighted by Crippen LogP contribution is 2.37. The Hall–Kier alpha value is -0.580. The van der Waals surface area contributed by atoms with E-state index in [2.05, 4.69) is 31.9 Å². The summed E-state index contributed by atoms with van der Waals surface area (Å²) in [5.74, 6) is 0.340. The van der Waals surface area contributed by atoms with Crippen molar-refractivity contribution < 1.29 is 9.13 Å². The average Bonchev–Trinajstić information content (AvgIpc) is 2.36. The van der Waals surface area contributed by atoms with E-state index in [-0.39, 0.29) is 5.82 Å². The van der Waals surface area contributed by atoms with Gasteiger partial charge in [0.15, 0.2) is 0 Å². The Morgan fingerprint density at radius 2 is 1.84 bits per heavy atom. The number of hydrogen-bond acceptors (Lipinski definition) is 1. The van der Waals surface area contributed by atoms with Crippen molar-refractivity contribution >= 4 is 43.5 Å². The van der Waals surface area contributed by atoms with E-state index in [0.29, 0.717) is 15.8 Å². The van der Waals surface area contributed by atoms with Gasteiger partial charge in [-0.05, 0) is 42.0 Å². The number of ether oxygens (including phenoxy) is 1. The highest BCUT2D eigenvalue weighted by Gasteiger charge is 2.17. The Morgan fingerprint density at radius 3 is 2.47 bits per heavy atom. The van der Waals surface area contributed by atoms with Gasteiger partial charge in [-0.1, -0.05) is 31.9 Å². The zero-order valence-electron chi connectivity index (χ0n) is 9.96. The van der Waals surface area contributed by atoms with E-state index in [0.717, 1.165) is 10.0 Å². The van der Waals surface area contributed by atoms with Crippen LogP contribution in [0.1, 0.15) is 16.5 Å². The predicted molar refractivity (Wildman–Crippen MR) is 82.5 cm³/mol. The van der Waals surface area contributed by atoms with Gasteiger partial charge in [0.2, 0.25) is 0 Å². The van der Waals surface area contributed by atoms with E-state index < -0.39 is 5.38 Å². The third kappa shape index (κ3) is 3.50. The van der Waals surface area contributed by atoms with Crippen LogP contribution in [0.3, 0.4) is 0 Å². The van der Waals surface area contributed by atoms with Crippen LogP contribution in [0.15, 0.2) is 45.3 Å². The first kappa shape index (κ1) is 14.8. The molecule has 0 fully saturated rings. The van der Waals surface area contributed by atoms with Gasteiger partial charge in [0.25, 0.3) is 0 Å². The smallest absolute Gasteiger partial charge is 0.124 e. The second-order valence-electron chi connectivity index (χ2n) is 3.95. The Kier molecular flexibility index (Phi) is 4.87. The second kappa shape index (κ2) is 6.25. The Bertz CT molecular complexity index is 584. The van der Waals surface area contributed by atoms with Crippen LogP contribution in [0.4, 0.5) is 4.39 Å². The molecular formula is C14H10Br2ClFO. The minimum Gasteiger partial charge on any atom is -0.496 e. The molecule has 1 unspecified atom stereocenters. The molecule has 0 amide bonds. The van der Waals surface area contributed by atoms with Crippen LogP contribution in [-0.4, -0.2) is 7.11 Å². The summed E-state index contributed by atoms with van der Waals surface area (Å²) in [6.07, 6.45) is 0. The van der Waals surface area contributed by atoms with Gasteiger partial charge >= 0.3 is 0 Å². The van der Waals surface area contributed by atoms with Gasteiger partial charge in [-0.15, -0.1) is 11.6 Å². The van der Waals surface area contributed by atoms with Gasteiger partial charge in [0, 0.05) is 14.5 Å². The lowest BCUT2D eigenvalue weighted by Crippen LogP contribution is -1.98. The molecule has 0 heterocycles. The van der Waals surface area contributed by atoms with E-state index in [1.165, 1.54) is 12.1 Å². The van der Waals surface area contributed by atoms with Gasteiger partial charge < -0.3 is 4.74 Å². The molecule has 100 valence electrons. The van der Waals surface area contributed by atoms with Crippen molar-refractivity contribution in [2.45, 2.75) is 5.38 Å². The first-order valence-corrected chi connectivity index (χ1v) is 7.47. The summed E-state index contributed by atoms with van der Waals surface area (Å²) in [7, 11) is 1.58. The molecule has 0 aromatic heterocycles. The molecule has 0 aliphatic rings. The molecule has 2 aromatic rings. The van der Waals surface area contributed by atoms with E-state index in [9.17, 15) is 4.39 Å². The van der Waals surface area contributed by atoms with Crippen molar-refractivity contribution in [2.24, 2.45) is 0 Å². The van der Waals surface area contributed by atoms with Gasteiger partial charge in [0.1, 0.15) is 11.6 Å².